The first-order valence-electron chi connectivity index (χ1n) is 9.28. The van der Waals surface area contributed by atoms with Gasteiger partial charge in [0.25, 0.3) is 0 Å². The minimum Gasteiger partial charge on any atom is -0.490 e. The van der Waals surface area contributed by atoms with E-state index in [2.05, 4.69) is 20.9 Å². The maximum Gasteiger partial charge on any atom is 0.308 e. The summed E-state index contributed by atoms with van der Waals surface area (Å²) in [5.74, 6) is 0.344. The summed E-state index contributed by atoms with van der Waals surface area (Å²) in [4.78, 5) is 27.7. The highest BCUT2D eigenvalue weighted by Gasteiger charge is 2.14. The van der Waals surface area contributed by atoms with Crippen molar-refractivity contribution in [2.45, 2.75) is 20.8 Å². The largest absolute Gasteiger partial charge is 0.490 e. The Hall–Kier alpha value is -3.19. The van der Waals surface area contributed by atoms with Crippen LogP contribution in [-0.4, -0.2) is 23.5 Å². The Morgan fingerprint density at radius 2 is 1.73 bits per heavy atom. The highest BCUT2D eigenvalue weighted by atomic mass is 79.9. The average Bonchev–Trinajstić information content (AvgIpc) is 2.68. The molecule has 154 valence electrons. The first kappa shape index (κ1) is 21.5. The molecule has 0 saturated heterocycles. The molecule has 0 saturated carbocycles. The van der Waals surface area contributed by atoms with Gasteiger partial charge in [-0.3, -0.25) is 9.59 Å². The minimum atomic E-state index is -0.450. The molecule has 0 amide bonds. The van der Waals surface area contributed by atoms with Gasteiger partial charge in [-0.25, -0.2) is 4.98 Å². The average molecular weight is 470 g/mol. The summed E-state index contributed by atoms with van der Waals surface area (Å²) in [5.41, 5.74) is 1.91. The van der Waals surface area contributed by atoms with Crippen LogP contribution in [0.1, 0.15) is 32.0 Å². The number of para-hydroxylation sites is 1. The van der Waals surface area contributed by atoms with Crippen molar-refractivity contribution in [3.05, 3.63) is 58.2 Å². The third-order valence-corrected chi connectivity index (χ3v) is 4.44. The maximum absolute atomic E-state index is 11.6. The van der Waals surface area contributed by atoms with Gasteiger partial charge in [0, 0.05) is 35.3 Å². The lowest BCUT2D eigenvalue weighted by atomic mass is 10.1. The van der Waals surface area contributed by atoms with E-state index in [0.717, 1.165) is 9.86 Å². The number of fused-ring (bicyclic) bond motifs is 1. The second-order valence-corrected chi connectivity index (χ2v) is 7.25. The Morgan fingerprint density at radius 1 is 1.00 bits per heavy atom. The second kappa shape index (κ2) is 9.54. The highest BCUT2D eigenvalue weighted by Crippen LogP contribution is 2.36. The molecule has 0 radical (unpaired) electrons. The summed E-state index contributed by atoms with van der Waals surface area (Å²) in [6.07, 6.45) is 3.52. The van der Waals surface area contributed by atoms with Crippen LogP contribution in [0.5, 0.6) is 17.2 Å². The molecule has 0 fully saturated rings. The number of carbonyl (C=O) groups is 2. The lowest BCUT2D eigenvalue weighted by Crippen LogP contribution is -2.05. The van der Waals surface area contributed by atoms with E-state index in [1.807, 2.05) is 37.3 Å². The van der Waals surface area contributed by atoms with Gasteiger partial charge >= 0.3 is 11.9 Å². The Kier molecular flexibility index (Phi) is 6.84. The first-order chi connectivity index (χ1) is 14.4. The third kappa shape index (κ3) is 5.24. The number of benzene rings is 2. The first-order valence-corrected chi connectivity index (χ1v) is 10.1. The summed E-state index contributed by atoms with van der Waals surface area (Å²) in [6, 6.07) is 12.6. The number of nitrogens with zero attached hydrogens (tertiary/aromatic N) is 1. The summed E-state index contributed by atoms with van der Waals surface area (Å²) >= 11 is 3.45. The monoisotopic (exact) mass is 469 g/mol. The Bertz CT molecular complexity index is 1140. The molecule has 0 atom stereocenters. The van der Waals surface area contributed by atoms with Gasteiger partial charge in [-0.15, -0.1) is 0 Å². The fraction of sp³-hybridized carbons (Fsp3) is 0.174. The summed E-state index contributed by atoms with van der Waals surface area (Å²) in [7, 11) is 0. The van der Waals surface area contributed by atoms with Crippen LogP contribution in [0.15, 0.2) is 46.9 Å². The number of rotatable bonds is 6. The normalized spacial score (nSPS) is 10.9. The van der Waals surface area contributed by atoms with Gasteiger partial charge in [0.2, 0.25) is 0 Å². The number of halogens is 1. The van der Waals surface area contributed by atoms with Crippen molar-refractivity contribution < 1.29 is 23.8 Å². The van der Waals surface area contributed by atoms with Crippen LogP contribution < -0.4 is 14.2 Å². The molecular weight excluding hydrogens is 450 g/mol. The molecule has 0 spiro atoms. The van der Waals surface area contributed by atoms with Crippen molar-refractivity contribution in [1.29, 1.82) is 0 Å². The molecule has 3 rings (SSSR count). The molecule has 1 aromatic heterocycles. The SMILES string of the molecule is CCOc1cc(Br)cc(/C=C/c2cc(OC(C)=O)c3ccccc3n2)c1OC(C)=O. The number of carbonyl (C=O) groups excluding carboxylic acids is 2. The third-order valence-electron chi connectivity index (χ3n) is 3.98. The van der Waals surface area contributed by atoms with Gasteiger partial charge in [-0.2, -0.15) is 0 Å². The zero-order chi connectivity index (χ0) is 21.7. The van der Waals surface area contributed by atoms with E-state index in [9.17, 15) is 9.59 Å². The molecule has 0 N–H and O–H groups in total. The number of aromatic nitrogens is 1. The lowest BCUT2D eigenvalue weighted by Gasteiger charge is -2.13. The zero-order valence-electron chi connectivity index (χ0n) is 16.8. The number of pyridine rings is 1. The van der Waals surface area contributed by atoms with E-state index in [1.54, 1.807) is 24.3 Å². The minimum absolute atomic E-state index is 0.324. The van der Waals surface area contributed by atoms with E-state index in [-0.39, 0.29) is 0 Å². The molecule has 30 heavy (non-hydrogen) atoms. The van der Waals surface area contributed by atoms with Crippen LogP contribution in [0, 0.1) is 0 Å². The van der Waals surface area contributed by atoms with E-state index < -0.39 is 11.9 Å². The second-order valence-electron chi connectivity index (χ2n) is 6.34. The van der Waals surface area contributed by atoms with Gasteiger partial charge in [-0.05, 0) is 43.3 Å². The van der Waals surface area contributed by atoms with E-state index in [0.29, 0.717) is 40.6 Å². The van der Waals surface area contributed by atoms with Crippen LogP contribution >= 0.6 is 15.9 Å². The number of hydrogen-bond donors (Lipinski definition) is 0. The van der Waals surface area contributed by atoms with Gasteiger partial charge in [0.05, 0.1) is 17.8 Å². The lowest BCUT2D eigenvalue weighted by molar-refractivity contribution is -0.132. The predicted octanol–water partition coefficient (Wildman–Crippen LogP) is 5.42. The molecule has 0 unspecified atom stereocenters. The molecule has 0 aliphatic heterocycles. The maximum atomic E-state index is 11.6. The smallest absolute Gasteiger partial charge is 0.308 e. The Balaban J connectivity index is 2.08. The molecule has 2 aromatic carbocycles. The van der Waals surface area contributed by atoms with E-state index in [4.69, 9.17) is 14.2 Å². The summed E-state index contributed by atoms with van der Waals surface area (Å²) in [6.45, 7) is 4.96. The van der Waals surface area contributed by atoms with Gasteiger partial charge in [0.15, 0.2) is 11.5 Å². The summed E-state index contributed by atoms with van der Waals surface area (Å²) in [5, 5.41) is 0.742. The van der Waals surface area contributed by atoms with Crippen molar-refractivity contribution in [2.24, 2.45) is 0 Å². The molecule has 0 aliphatic rings. The van der Waals surface area contributed by atoms with Crippen molar-refractivity contribution >= 4 is 50.9 Å². The predicted molar refractivity (Wildman–Crippen MR) is 119 cm³/mol. The zero-order valence-corrected chi connectivity index (χ0v) is 18.4. The number of ether oxygens (including phenoxy) is 3. The van der Waals surface area contributed by atoms with Gasteiger partial charge < -0.3 is 14.2 Å². The van der Waals surface area contributed by atoms with Gasteiger partial charge in [0.1, 0.15) is 5.75 Å². The highest BCUT2D eigenvalue weighted by molar-refractivity contribution is 9.10. The van der Waals surface area contributed by atoms with E-state index >= 15 is 0 Å². The van der Waals surface area contributed by atoms with Crippen molar-refractivity contribution in [2.75, 3.05) is 6.61 Å². The number of esters is 2. The topological polar surface area (TPSA) is 74.7 Å². The fourth-order valence-corrected chi connectivity index (χ4v) is 3.35. The van der Waals surface area contributed by atoms with Crippen molar-refractivity contribution in [3.63, 3.8) is 0 Å². The Morgan fingerprint density at radius 3 is 2.43 bits per heavy atom. The van der Waals surface area contributed by atoms with Crippen LogP contribution in [0.2, 0.25) is 0 Å². The molecule has 0 bridgehead atoms. The standard InChI is InChI=1S/C23H20BrNO5/c1-4-28-22-12-17(24)11-16(23(22)30-15(3)27)9-10-18-13-21(29-14(2)26)19-7-5-6-8-20(19)25-18/h5-13H,4H2,1-3H3/b10-9+. The molecule has 7 heteroatoms. The quantitative estimate of drug-likeness (QED) is 0.354. The van der Waals surface area contributed by atoms with Crippen LogP contribution in [0.25, 0.3) is 23.1 Å². The molecule has 6 nitrogen and oxygen atoms in total. The molecule has 1 heterocycles. The van der Waals surface area contributed by atoms with Crippen molar-refractivity contribution in [3.8, 4) is 17.2 Å². The molecule has 3 aromatic rings. The van der Waals surface area contributed by atoms with Crippen LogP contribution in [-0.2, 0) is 9.59 Å². The van der Waals surface area contributed by atoms with Gasteiger partial charge in [-0.1, -0.05) is 28.1 Å². The van der Waals surface area contributed by atoms with Crippen molar-refractivity contribution in [1.82, 2.24) is 4.98 Å². The Labute approximate surface area is 182 Å². The summed E-state index contributed by atoms with van der Waals surface area (Å²) < 4.78 is 17.1. The van der Waals surface area contributed by atoms with E-state index in [1.165, 1.54) is 13.8 Å². The fourth-order valence-electron chi connectivity index (χ4n) is 2.89. The van der Waals surface area contributed by atoms with Crippen LogP contribution in [0.4, 0.5) is 0 Å². The van der Waals surface area contributed by atoms with Crippen LogP contribution in [0.3, 0.4) is 0 Å². The number of hydrogen-bond acceptors (Lipinski definition) is 6. The molecular formula is C23H20BrNO5. The molecule has 0 aliphatic carbocycles.